The monoisotopic (exact) mass is 291 g/mol. The number of benzene rings is 1. The Morgan fingerprint density at radius 1 is 1.30 bits per heavy atom. The highest BCUT2D eigenvalue weighted by atomic mass is 32.2. The molecule has 2 amide bonds. The van der Waals surface area contributed by atoms with E-state index >= 15 is 0 Å². The van der Waals surface area contributed by atoms with E-state index in [-0.39, 0.29) is 0 Å². The highest BCUT2D eigenvalue weighted by Crippen LogP contribution is 2.33. The van der Waals surface area contributed by atoms with Gasteiger partial charge in [-0.05, 0) is 30.3 Å². The molecular formula is C14H13NO4S. The summed E-state index contributed by atoms with van der Waals surface area (Å²) in [6.45, 7) is 1.47. The van der Waals surface area contributed by atoms with Crippen LogP contribution in [0.5, 0.6) is 0 Å². The van der Waals surface area contributed by atoms with Gasteiger partial charge in [-0.2, -0.15) is 0 Å². The number of thioether (sulfide) groups is 1. The molecule has 2 rings (SSSR count). The average Bonchev–Trinajstić information content (AvgIpc) is 2.73. The average molecular weight is 291 g/mol. The molecule has 5 nitrogen and oxygen atoms in total. The van der Waals surface area contributed by atoms with Crippen LogP contribution >= 0.6 is 11.8 Å². The lowest BCUT2D eigenvalue weighted by Gasteiger charge is -2.18. The fraction of sp³-hybridized carbons (Fsp3) is 0.214. The van der Waals surface area contributed by atoms with E-state index in [2.05, 4.69) is 4.74 Å². The Bertz CT molecular complexity index is 582. The Morgan fingerprint density at radius 2 is 1.95 bits per heavy atom. The predicted octanol–water partition coefficient (Wildman–Crippen LogP) is 2.28. The normalized spacial score (nSPS) is 18.5. The van der Waals surface area contributed by atoms with E-state index in [4.69, 9.17) is 0 Å². The van der Waals surface area contributed by atoms with Gasteiger partial charge < -0.3 is 4.74 Å². The van der Waals surface area contributed by atoms with Crippen LogP contribution in [0.25, 0.3) is 6.08 Å². The summed E-state index contributed by atoms with van der Waals surface area (Å²) >= 11 is 0.824. The molecule has 104 valence electrons. The van der Waals surface area contributed by atoms with Crippen molar-refractivity contribution in [2.24, 2.45) is 0 Å². The van der Waals surface area contributed by atoms with E-state index in [9.17, 15) is 14.4 Å². The third kappa shape index (κ3) is 2.75. The number of hydrogen-bond acceptors (Lipinski definition) is 5. The first-order chi connectivity index (χ1) is 9.54. The van der Waals surface area contributed by atoms with Gasteiger partial charge in [-0.15, -0.1) is 0 Å². The van der Waals surface area contributed by atoms with Gasteiger partial charge in [-0.1, -0.05) is 30.3 Å². The molecule has 1 aliphatic heterocycles. The second kappa shape index (κ2) is 5.92. The van der Waals surface area contributed by atoms with Crippen LogP contribution in [0.4, 0.5) is 4.79 Å². The Balaban J connectivity index is 2.25. The minimum atomic E-state index is -0.922. The zero-order chi connectivity index (χ0) is 14.7. The fourth-order valence-corrected chi connectivity index (χ4v) is 2.70. The quantitative estimate of drug-likeness (QED) is 0.631. The maximum atomic E-state index is 12.2. The molecule has 0 bridgehead atoms. The molecule has 6 heteroatoms. The van der Waals surface area contributed by atoms with Crippen molar-refractivity contribution in [3.63, 3.8) is 0 Å². The van der Waals surface area contributed by atoms with Crippen molar-refractivity contribution in [3.8, 4) is 0 Å². The SMILES string of the molecule is COC(=O)C(C)N1C(=O)S/C(=C/c2ccccc2)C1=O. The summed E-state index contributed by atoms with van der Waals surface area (Å²) in [6, 6.07) is 8.28. The molecule has 1 aromatic carbocycles. The molecule has 1 unspecified atom stereocenters. The summed E-state index contributed by atoms with van der Waals surface area (Å²) in [5, 5.41) is -0.463. The van der Waals surface area contributed by atoms with Gasteiger partial charge in [0.15, 0.2) is 0 Å². The number of nitrogens with zero attached hydrogens (tertiary/aromatic N) is 1. The summed E-state index contributed by atoms with van der Waals surface area (Å²) in [5.41, 5.74) is 0.823. The van der Waals surface area contributed by atoms with E-state index in [0.717, 1.165) is 22.2 Å². The van der Waals surface area contributed by atoms with Crippen LogP contribution in [0.3, 0.4) is 0 Å². The zero-order valence-corrected chi connectivity index (χ0v) is 11.8. The molecule has 1 aliphatic rings. The molecule has 1 heterocycles. The summed E-state index contributed by atoms with van der Waals surface area (Å²) in [6.07, 6.45) is 1.63. The van der Waals surface area contributed by atoms with Gasteiger partial charge in [0.05, 0.1) is 12.0 Å². The first kappa shape index (κ1) is 14.3. The Hall–Kier alpha value is -2.08. The van der Waals surface area contributed by atoms with E-state index in [0.29, 0.717) is 4.91 Å². The van der Waals surface area contributed by atoms with Crippen LogP contribution in [-0.2, 0) is 14.3 Å². The van der Waals surface area contributed by atoms with Gasteiger partial charge in [0.1, 0.15) is 6.04 Å². The van der Waals surface area contributed by atoms with Gasteiger partial charge in [0.2, 0.25) is 0 Å². The zero-order valence-electron chi connectivity index (χ0n) is 11.0. The first-order valence-electron chi connectivity index (χ1n) is 5.94. The van der Waals surface area contributed by atoms with Crippen LogP contribution in [0.2, 0.25) is 0 Å². The minimum absolute atomic E-state index is 0.303. The van der Waals surface area contributed by atoms with Crippen LogP contribution in [0, 0.1) is 0 Å². The number of imide groups is 1. The topological polar surface area (TPSA) is 63.7 Å². The molecule has 0 saturated carbocycles. The summed E-state index contributed by atoms with van der Waals surface area (Å²) in [7, 11) is 1.22. The second-order valence-corrected chi connectivity index (χ2v) is 5.15. The largest absolute Gasteiger partial charge is 0.467 e. The molecule has 1 saturated heterocycles. The molecule has 1 aromatic rings. The Morgan fingerprint density at radius 3 is 2.55 bits per heavy atom. The fourth-order valence-electron chi connectivity index (χ4n) is 1.79. The Labute approximate surface area is 120 Å². The van der Waals surface area contributed by atoms with Crippen molar-refractivity contribution in [1.29, 1.82) is 0 Å². The molecule has 20 heavy (non-hydrogen) atoms. The maximum Gasteiger partial charge on any atom is 0.328 e. The molecule has 0 aliphatic carbocycles. The van der Waals surface area contributed by atoms with Crippen LogP contribution < -0.4 is 0 Å². The van der Waals surface area contributed by atoms with Crippen molar-refractivity contribution in [2.75, 3.05) is 7.11 Å². The minimum Gasteiger partial charge on any atom is -0.467 e. The van der Waals surface area contributed by atoms with Crippen LogP contribution in [-0.4, -0.2) is 35.2 Å². The molecule has 1 fully saturated rings. The molecule has 0 aromatic heterocycles. The number of carbonyl (C=O) groups is 3. The van der Waals surface area contributed by atoms with Gasteiger partial charge in [0.25, 0.3) is 11.1 Å². The van der Waals surface area contributed by atoms with Crippen LogP contribution in [0.15, 0.2) is 35.2 Å². The summed E-state index contributed by atoms with van der Waals surface area (Å²) in [4.78, 5) is 36.7. The number of ether oxygens (including phenoxy) is 1. The number of hydrogen-bond donors (Lipinski definition) is 0. The summed E-state index contributed by atoms with van der Waals surface area (Å²) in [5.74, 6) is -1.09. The number of methoxy groups -OCH3 is 1. The number of esters is 1. The highest BCUT2D eigenvalue weighted by molar-refractivity contribution is 8.18. The van der Waals surface area contributed by atoms with E-state index in [1.54, 1.807) is 6.08 Å². The lowest BCUT2D eigenvalue weighted by Crippen LogP contribution is -2.42. The highest BCUT2D eigenvalue weighted by Gasteiger charge is 2.41. The standard InChI is InChI=1S/C14H13NO4S/c1-9(13(17)19-2)15-12(16)11(20-14(15)18)8-10-6-4-3-5-7-10/h3-9H,1-2H3/b11-8+. The van der Waals surface area contributed by atoms with Crippen molar-refractivity contribution in [1.82, 2.24) is 4.90 Å². The summed E-state index contributed by atoms with van der Waals surface area (Å²) < 4.78 is 4.56. The molecule has 0 N–H and O–H groups in total. The molecule has 0 spiro atoms. The predicted molar refractivity (Wildman–Crippen MR) is 75.7 cm³/mol. The van der Waals surface area contributed by atoms with Gasteiger partial charge in [-0.3, -0.25) is 14.5 Å². The maximum absolute atomic E-state index is 12.2. The number of carbonyl (C=O) groups excluding carboxylic acids is 3. The lowest BCUT2D eigenvalue weighted by atomic mass is 10.2. The lowest BCUT2D eigenvalue weighted by molar-refractivity contribution is -0.148. The van der Waals surface area contributed by atoms with Gasteiger partial charge in [-0.25, -0.2) is 4.79 Å². The smallest absolute Gasteiger partial charge is 0.328 e. The first-order valence-corrected chi connectivity index (χ1v) is 6.76. The van der Waals surface area contributed by atoms with E-state index in [1.165, 1.54) is 14.0 Å². The molecular weight excluding hydrogens is 278 g/mol. The van der Waals surface area contributed by atoms with Gasteiger partial charge in [0, 0.05) is 0 Å². The van der Waals surface area contributed by atoms with Crippen LogP contribution in [0.1, 0.15) is 12.5 Å². The van der Waals surface area contributed by atoms with Crippen molar-refractivity contribution < 1.29 is 19.1 Å². The van der Waals surface area contributed by atoms with Crippen molar-refractivity contribution in [2.45, 2.75) is 13.0 Å². The van der Waals surface area contributed by atoms with Gasteiger partial charge >= 0.3 is 5.97 Å². The van der Waals surface area contributed by atoms with Crippen molar-refractivity contribution in [3.05, 3.63) is 40.8 Å². The second-order valence-electron chi connectivity index (χ2n) is 4.16. The third-order valence-electron chi connectivity index (χ3n) is 2.85. The Kier molecular flexibility index (Phi) is 4.24. The molecule has 0 radical (unpaired) electrons. The third-order valence-corrected chi connectivity index (χ3v) is 3.73. The van der Waals surface area contributed by atoms with E-state index in [1.807, 2.05) is 30.3 Å². The van der Waals surface area contributed by atoms with Crippen molar-refractivity contribution >= 4 is 35.0 Å². The molecule has 1 atom stereocenters. The number of rotatable bonds is 3. The van der Waals surface area contributed by atoms with E-state index < -0.39 is 23.2 Å². The number of amides is 2.